The molecule has 0 aliphatic heterocycles. The third-order valence-corrected chi connectivity index (χ3v) is 10.0. The van der Waals surface area contributed by atoms with E-state index < -0.39 is 11.6 Å². The predicted molar refractivity (Wildman–Crippen MR) is 208 cm³/mol. The fourth-order valence-corrected chi connectivity index (χ4v) is 7.25. The first-order chi connectivity index (χ1) is 24.1. The number of aliphatic hydroxyl groups excluding tert-OH is 1. The van der Waals surface area contributed by atoms with Gasteiger partial charge < -0.3 is 24.4 Å². The number of benzene rings is 3. The summed E-state index contributed by atoms with van der Waals surface area (Å²) in [4.78, 5) is 21.8. The summed E-state index contributed by atoms with van der Waals surface area (Å²) in [6, 6.07) is 25.5. The topological polar surface area (TPSA) is 102 Å². The van der Waals surface area contributed by atoms with Gasteiger partial charge in [0.15, 0.2) is 0 Å². The molecule has 0 saturated heterocycles. The summed E-state index contributed by atoms with van der Waals surface area (Å²) < 4.78 is 19.9. The number of carbonyl (C=O) groups is 2. The summed E-state index contributed by atoms with van der Waals surface area (Å²) in [5, 5.41) is 27.3. The van der Waals surface area contributed by atoms with Crippen LogP contribution in [0.25, 0.3) is 30.3 Å². The second-order valence-corrected chi connectivity index (χ2v) is 15.4. The number of ether oxygens (including phenoxy) is 3. The monoisotopic (exact) mass is 734 g/mol. The lowest BCUT2D eigenvalue weighted by atomic mass is 10.1. The van der Waals surface area contributed by atoms with Crippen molar-refractivity contribution in [2.24, 2.45) is 0 Å². The molecule has 2 N–H and O–H groups in total. The second-order valence-electron chi connectivity index (χ2n) is 12.6. The standard InChI is InChI=1S/C17H22O3S.C13H14O3S.C10H10OS/c1-17(2,3)20-16(18)7-10-19-9-6-13-4-5-15-14(12-13)8-11-21-15;14-13(15)4-7-16-6-3-10-1-2-12-11(9-10)5-8-17-12;11-5-3-8-1-2-10-9(7-8)4-6-12-10/h4-5,8,11-12H,6-7,9-10H2,1-3H3;1-2,5,8-9H,3-4,6-7H2,(H,14,15);1-2,4,6-7,11H,3,5H2. The van der Waals surface area contributed by atoms with Gasteiger partial charge in [-0.2, -0.15) is 0 Å². The summed E-state index contributed by atoms with van der Waals surface area (Å²) >= 11 is 5.24. The van der Waals surface area contributed by atoms with Crippen LogP contribution in [-0.4, -0.2) is 60.8 Å². The molecule has 7 nitrogen and oxygen atoms in total. The van der Waals surface area contributed by atoms with Crippen molar-refractivity contribution in [2.45, 2.75) is 58.5 Å². The molecule has 3 heterocycles. The lowest BCUT2D eigenvalue weighted by molar-refractivity contribution is -0.156. The maximum Gasteiger partial charge on any atom is 0.308 e. The van der Waals surface area contributed by atoms with Crippen molar-refractivity contribution in [1.82, 2.24) is 0 Å². The molecule has 0 spiro atoms. The molecular formula is C40H46O7S3. The first-order valence-electron chi connectivity index (χ1n) is 16.7. The smallest absolute Gasteiger partial charge is 0.308 e. The van der Waals surface area contributed by atoms with Crippen LogP contribution < -0.4 is 0 Å². The Labute approximate surface area is 306 Å². The van der Waals surface area contributed by atoms with Crippen LogP contribution in [-0.2, 0) is 43.1 Å². The normalized spacial score (nSPS) is 11.2. The number of aliphatic carboxylic acids is 1. The Bertz CT molecular complexity index is 1910. The number of thiophene rings is 3. The van der Waals surface area contributed by atoms with Crippen molar-refractivity contribution >= 4 is 76.2 Å². The summed E-state index contributed by atoms with van der Waals surface area (Å²) in [5.41, 5.74) is 3.28. The van der Waals surface area contributed by atoms with E-state index in [2.05, 4.69) is 88.9 Å². The summed E-state index contributed by atoms with van der Waals surface area (Å²) in [7, 11) is 0. The van der Waals surface area contributed by atoms with Gasteiger partial charge in [0.1, 0.15) is 5.60 Å². The number of carboxylic acids is 1. The minimum atomic E-state index is -0.815. The Kier molecular flexibility index (Phi) is 15.9. The second kappa shape index (κ2) is 20.3. The zero-order valence-corrected chi connectivity index (χ0v) is 31.3. The van der Waals surface area contributed by atoms with Gasteiger partial charge in [-0.3, -0.25) is 9.59 Å². The molecule has 0 bridgehead atoms. The van der Waals surface area contributed by atoms with E-state index in [-0.39, 0.29) is 25.6 Å². The molecule has 50 heavy (non-hydrogen) atoms. The molecule has 0 saturated carbocycles. The number of carbonyl (C=O) groups excluding carboxylic acids is 1. The van der Waals surface area contributed by atoms with Gasteiger partial charge >= 0.3 is 11.9 Å². The van der Waals surface area contributed by atoms with E-state index in [1.807, 2.05) is 20.8 Å². The summed E-state index contributed by atoms with van der Waals surface area (Å²) in [6.45, 7) is 7.73. The van der Waals surface area contributed by atoms with Crippen LogP contribution in [0.3, 0.4) is 0 Å². The number of hydrogen-bond donors (Lipinski definition) is 2. The fourth-order valence-electron chi connectivity index (χ4n) is 4.94. The zero-order chi connectivity index (χ0) is 35.8. The van der Waals surface area contributed by atoms with Crippen molar-refractivity contribution in [1.29, 1.82) is 0 Å². The van der Waals surface area contributed by atoms with Crippen molar-refractivity contribution in [3.63, 3.8) is 0 Å². The number of esters is 1. The minimum absolute atomic E-state index is 0.0730. The molecule has 3 aromatic heterocycles. The van der Waals surface area contributed by atoms with E-state index in [0.29, 0.717) is 26.2 Å². The average molecular weight is 735 g/mol. The fraction of sp³-hybridized carbons (Fsp3) is 0.350. The number of rotatable bonds is 14. The van der Waals surface area contributed by atoms with Crippen LogP contribution in [0.15, 0.2) is 88.9 Å². The Morgan fingerprint density at radius 3 is 1.42 bits per heavy atom. The third kappa shape index (κ3) is 13.9. The Morgan fingerprint density at radius 2 is 1.02 bits per heavy atom. The molecule has 0 amide bonds. The van der Waals surface area contributed by atoms with Crippen LogP contribution in [0.5, 0.6) is 0 Å². The maximum atomic E-state index is 11.5. The maximum absolute atomic E-state index is 11.5. The molecule has 266 valence electrons. The van der Waals surface area contributed by atoms with Crippen molar-refractivity contribution in [2.75, 3.05) is 33.0 Å². The summed E-state index contributed by atoms with van der Waals surface area (Å²) in [5.74, 6) is -1.02. The number of fused-ring (bicyclic) bond motifs is 3. The highest BCUT2D eigenvalue weighted by Crippen LogP contribution is 2.24. The molecule has 0 aliphatic rings. The molecule has 6 rings (SSSR count). The van der Waals surface area contributed by atoms with Crippen LogP contribution in [0.1, 0.15) is 50.3 Å². The quantitative estimate of drug-likeness (QED) is 0.0849. The van der Waals surface area contributed by atoms with Gasteiger partial charge in [0, 0.05) is 20.7 Å². The molecule has 0 atom stereocenters. The molecule has 0 fully saturated rings. The van der Waals surface area contributed by atoms with E-state index in [0.717, 1.165) is 19.3 Å². The Balaban J connectivity index is 0.000000174. The molecular weight excluding hydrogens is 689 g/mol. The van der Waals surface area contributed by atoms with Crippen LogP contribution in [0.2, 0.25) is 0 Å². The Morgan fingerprint density at radius 1 is 0.600 bits per heavy atom. The average Bonchev–Trinajstić information content (AvgIpc) is 3.85. The van der Waals surface area contributed by atoms with E-state index >= 15 is 0 Å². The highest BCUT2D eigenvalue weighted by atomic mass is 32.1. The minimum Gasteiger partial charge on any atom is -0.481 e. The first-order valence-corrected chi connectivity index (χ1v) is 19.3. The van der Waals surface area contributed by atoms with E-state index in [4.69, 9.17) is 24.4 Å². The largest absolute Gasteiger partial charge is 0.481 e. The SMILES string of the molecule is CC(C)(C)OC(=O)CCOCCc1ccc2sccc2c1.O=C(O)CCOCCc1ccc2sccc2c1.OCCc1ccc2sccc2c1. The van der Waals surface area contributed by atoms with Gasteiger partial charge in [-0.15, -0.1) is 34.0 Å². The van der Waals surface area contributed by atoms with Gasteiger partial charge in [-0.05, 0) is 125 Å². The van der Waals surface area contributed by atoms with E-state index in [1.165, 1.54) is 46.9 Å². The lowest BCUT2D eigenvalue weighted by Crippen LogP contribution is -2.24. The van der Waals surface area contributed by atoms with Crippen LogP contribution in [0.4, 0.5) is 0 Å². The van der Waals surface area contributed by atoms with Crippen molar-refractivity contribution < 1.29 is 34.0 Å². The summed E-state index contributed by atoms with van der Waals surface area (Å²) in [6.07, 6.45) is 2.82. The zero-order valence-electron chi connectivity index (χ0n) is 28.9. The van der Waals surface area contributed by atoms with Crippen molar-refractivity contribution in [3.05, 3.63) is 106 Å². The highest BCUT2D eigenvalue weighted by Gasteiger charge is 2.15. The first kappa shape index (κ1) is 39.2. The Hall–Kier alpha value is -3.64. The van der Waals surface area contributed by atoms with E-state index in [1.54, 1.807) is 34.0 Å². The molecule has 0 unspecified atom stereocenters. The molecule has 0 radical (unpaired) electrons. The van der Waals surface area contributed by atoms with Gasteiger partial charge in [-0.25, -0.2) is 0 Å². The number of carboxylic acid groups (broad SMARTS) is 1. The lowest BCUT2D eigenvalue weighted by Gasteiger charge is -2.19. The van der Waals surface area contributed by atoms with Crippen LogP contribution >= 0.6 is 34.0 Å². The molecule has 10 heteroatoms. The third-order valence-electron chi connectivity index (χ3n) is 7.35. The van der Waals surface area contributed by atoms with Crippen LogP contribution in [0, 0.1) is 0 Å². The van der Waals surface area contributed by atoms with E-state index in [9.17, 15) is 9.59 Å². The number of hydrogen-bond acceptors (Lipinski definition) is 9. The van der Waals surface area contributed by atoms with Gasteiger partial charge in [0.25, 0.3) is 0 Å². The molecule has 0 aliphatic carbocycles. The number of aliphatic hydroxyl groups is 1. The van der Waals surface area contributed by atoms with Gasteiger partial charge in [0.05, 0.1) is 39.3 Å². The molecule has 6 aromatic rings. The van der Waals surface area contributed by atoms with Crippen molar-refractivity contribution in [3.8, 4) is 0 Å². The van der Waals surface area contributed by atoms with Gasteiger partial charge in [-0.1, -0.05) is 36.4 Å². The predicted octanol–water partition coefficient (Wildman–Crippen LogP) is 9.56. The highest BCUT2D eigenvalue weighted by molar-refractivity contribution is 7.17. The molecule has 3 aromatic carbocycles. The van der Waals surface area contributed by atoms with Gasteiger partial charge in [0.2, 0.25) is 0 Å².